The summed E-state index contributed by atoms with van der Waals surface area (Å²) in [4.78, 5) is 14.4. The van der Waals surface area contributed by atoms with Crippen molar-refractivity contribution in [3.63, 3.8) is 0 Å². The van der Waals surface area contributed by atoms with Gasteiger partial charge >= 0.3 is 0 Å². The van der Waals surface area contributed by atoms with E-state index in [9.17, 15) is 4.79 Å². The summed E-state index contributed by atoms with van der Waals surface area (Å²) in [6.45, 7) is 0. The number of carbonyl (C=O) groups excluding carboxylic acids is 1. The van der Waals surface area contributed by atoms with Gasteiger partial charge in [0.15, 0.2) is 0 Å². The SMILES string of the molecule is NC1CC(=O)N(C2CCCCC2)C1c1ccccc1Cl. The van der Waals surface area contributed by atoms with Crippen LogP contribution in [0.25, 0.3) is 0 Å². The second-order valence-corrected chi connectivity index (χ2v) is 6.33. The van der Waals surface area contributed by atoms with Crippen LogP contribution in [0.5, 0.6) is 0 Å². The number of hydrogen-bond acceptors (Lipinski definition) is 2. The first kappa shape index (κ1) is 13.9. The minimum atomic E-state index is -0.149. The average Bonchev–Trinajstić information content (AvgIpc) is 2.75. The fourth-order valence-electron chi connectivity index (χ4n) is 3.67. The highest BCUT2D eigenvalue weighted by Gasteiger charge is 2.43. The molecule has 1 aromatic carbocycles. The number of benzene rings is 1. The van der Waals surface area contributed by atoms with Gasteiger partial charge in [-0.25, -0.2) is 0 Å². The van der Waals surface area contributed by atoms with Crippen molar-refractivity contribution in [1.29, 1.82) is 0 Å². The predicted octanol–water partition coefficient (Wildman–Crippen LogP) is 3.27. The molecule has 2 aliphatic rings. The van der Waals surface area contributed by atoms with E-state index in [1.54, 1.807) is 0 Å². The van der Waals surface area contributed by atoms with E-state index >= 15 is 0 Å². The molecule has 20 heavy (non-hydrogen) atoms. The predicted molar refractivity (Wildman–Crippen MR) is 80.5 cm³/mol. The maximum Gasteiger partial charge on any atom is 0.225 e. The smallest absolute Gasteiger partial charge is 0.225 e. The number of likely N-dealkylation sites (tertiary alicyclic amines) is 1. The zero-order chi connectivity index (χ0) is 14.1. The molecule has 1 aromatic rings. The molecule has 2 unspecified atom stereocenters. The molecule has 2 N–H and O–H groups in total. The van der Waals surface area contributed by atoms with E-state index in [4.69, 9.17) is 17.3 Å². The first-order chi connectivity index (χ1) is 9.68. The molecule has 0 bridgehead atoms. The summed E-state index contributed by atoms with van der Waals surface area (Å²) in [5.41, 5.74) is 7.24. The Morgan fingerprint density at radius 2 is 1.85 bits per heavy atom. The van der Waals surface area contributed by atoms with Gasteiger partial charge in [-0.2, -0.15) is 0 Å². The van der Waals surface area contributed by atoms with Crippen LogP contribution in [-0.2, 0) is 4.79 Å². The van der Waals surface area contributed by atoms with E-state index in [-0.39, 0.29) is 18.0 Å². The van der Waals surface area contributed by atoms with Crippen molar-refractivity contribution in [3.8, 4) is 0 Å². The Kier molecular flexibility index (Phi) is 3.99. The summed E-state index contributed by atoms with van der Waals surface area (Å²) in [5, 5.41) is 0.712. The first-order valence-electron chi connectivity index (χ1n) is 7.49. The second-order valence-electron chi connectivity index (χ2n) is 5.93. The Morgan fingerprint density at radius 3 is 2.55 bits per heavy atom. The van der Waals surface area contributed by atoms with Gasteiger partial charge in [-0.15, -0.1) is 0 Å². The van der Waals surface area contributed by atoms with Crippen LogP contribution >= 0.6 is 11.6 Å². The van der Waals surface area contributed by atoms with Crippen molar-refractivity contribution in [2.45, 2.75) is 56.7 Å². The minimum absolute atomic E-state index is 0.0562. The summed E-state index contributed by atoms with van der Waals surface area (Å²) in [7, 11) is 0. The molecule has 3 nitrogen and oxygen atoms in total. The molecule has 0 radical (unpaired) electrons. The lowest BCUT2D eigenvalue weighted by Gasteiger charge is -2.37. The van der Waals surface area contributed by atoms with Crippen LogP contribution in [0.15, 0.2) is 24.3 Å². The quantitative estimate of drug-likeness (QED) is 0.909. The Balaban J connectivity index is 1.93. The van der Waals surface area contributed by atoms with E-state index in [2.05, 4.69) is 0 Å². The molecule has 108 valence electrons. The van der Waals surface area contributed by atoms with Crippen LogP contribution in [0.2, 0.25) is 5.02 Å². The van der Waals surface area contributed by atoms with Gasteiger partial charge in [0.05, 0.1) is 6.04 Å². The van der Waals surface area contributed by atoms with E-state index in [1.807, 2.05) is 29.2 Å². The molecule has 4 heteroatoms. The summed E-state index contributed by atoms with van der Waals surface area (Å²) in [6.07, 6.45) is 6.32. The third-order valence-corrected chi connectivity index (χ3v) is 4.94. The van der Waals surface area contributed by atoms with Crippen molar-refractivity contribution < 1.29 is 4.79 Å². The Hall–Kier alpha value is -1.06. The van der Waals surface area contributed by atoms with Crippen molar-refractivity contribution in [2.75, 3.05) is 0 Å². The van der Waals surface area contributed by atoms with Crippen molar-refractivity contribution >= 4 is 17.5 Å². The summed E-state index contributed by atoms with van der Waals surface area (Å²) in [6, 6.07) is 7.90. The summed E-state index contributed by atoms with van der Waals surface area (Å²) in [5.74, 6) is 0.189. The first-order valence-corrected chi connectivity index (χ1v) is 7.87. The molecular weight excluding hydrogens is 272 g/mol. The third kappa shape index (κ3) is 2.45. The zero-order valence-corrected chi connectivity index (χ0v) is 12.4. The molecule has 0 spiro atoms. The third-order valence-electron chi connectivity index (χ3n) is 4.60. The molecule has 1 saturated carbocycles. The molecule has 1 heterocycles. The average molecular weight is 293 g/mol. The van der Waals surface area contributed by atoms with Crippen LogP contribution in [0, 0.1) is 0 Å². The molecule has 0 aromatic heterocycles. The minimum Gasteiger partial charge on any atom is -0.331 e. The zero-order valence-electron chi connectivity index (χ0n) is 11.6. The highest BCUT2D eigenvalue weighted by atomic mass is 35.5. The van der Waals surface area contributed by atoms with E-state index in [0.717, 1.165) is 18.4 Å². The lowest BCUT2D eigenvalue weighted by molar-refractivity contribution is -0.132. The van der Waals surface area contributed by atoms with Crippen LogP contribution in [0.4, 0.5) is 0 Å². The molecule has 1 aliphatic heterocycles. The number of nitrogens with zero attached hydrogens (tertiary/aromatic N) is 1. The van der Waals surface area contributed by atoms with Crippen molar-refractivity contribution in [1.82, 2.24) is 4.90 Å². The van der Waals surface area contributed by atoms with Crippen molar-refractivity contribution in [3.05, 3.63) is 34.9 Å². The Bertz CT molecular complexity index is 499. The normalized spacial score (nSPS) is 28.1. The van der Waals surface area contributed by atoms with Crippen LogP contribution in [-0.4, -0.2) is 22.9 Å². The maximum absolute atomic E-state index is 12.4. The van der Waals surface area contributed by atoms with E-state index < -0.39 is 0 Å². The lowest BCUT2D eigenvalue weighted by Crippen LogP contribution is -2.41. The van der Waals surface area contributed by atoms with Gasteiger partial charge < -0.3 is 10.6 Å². The van der Waals surface area contributed by atoms with Gasteiger partial charge in [0.2, 0.25) is 5.91 Å². The topological polar surface area (TPSA) is 46.3 Å². The maximum atomic E-state index is 12.4. The van der Waals surface area contributed by atoms with Crippen LogP contribution < -0.4 is 5.73 Å². The van der Waals surface area contributed by atoms with Gasteiger partial charge in [-0.1, -0.05) is 49.1 Å². The monoisotopic (exact) mass is 292 g/mol. The van der Waals surface area contributed by atoms with Gasteiger partial charge in [0.25, 0.3) is 0 Å². The summed E-state index contributed by atoms with van der Waals surface area (Å²) >= 11 is 6.33. The molecular formula is C16H21ClN2O. The largest absolute Gasteiger partial charge is 0.331 e. The van der Waals surface area contributed by atoms with Gasteiger partial charge in [-0.3, -0.25) is 4.79 Å². The molecule has 3 rings (SSSR count). The number of amides is 1. The molecule has 1 aliphatic carbocycles. The van der Waals surface area contributed by atoms with Crippen LogP contribution in [0.3, 0.4) is 0 Å². The van der Waals surface area contributed by atoms with E-state index in [0.29, 0.717) is 17.5 Å². The number of nitrogens with two attached hydrogens (primary N) is 1. The fraction of sp³-hybridized carbons (Fsp3) is 0.562. The number of carbonyl (C=O) groups is 1. The highest BCUT2D eigenvalue weighted by molar-refractivity contribution is 6.31. The molecule has 1 amide bonds. The second kappa shape index (κ2) is 5.74. The number of halogens is 1. The van der Waals surface area contributed by atoms with Gasteiger partial charge in [0.1, 0.15) is 0 Å². The van der Waals surface area contributed by atoms with E-state index in [1.165, 1.54) is 19.3 Å². The Morgan fingerprint density at radius 1 is 1.15 bits per heavy atom. The molecule has 2 atom stereocenters. The molecule has 2 fully saturated rings. The number of hydrogen-bond donors (Lipinski definition) is 1. The molecule has 1 saturated heterocycles. The van der Waals surface area contributed by atoms with Gasteiger partial charge in [0, 0.05) is 23.5 Å². The Labute approximate surface area is 125 Å². The number of rotatable bonds is 2. The standard InChI is InChI=1S/C16H21ClN2O/c17-13-9-5-4-8-12(13)16-14(18)10-15(20)19(16)11-6-2-1-3-7-11/h4-5,8-9,11,14,16H,1-3,6-7,10,18H2. The fourth-order valence-corrected chi connectivity index (χ4v) is 3.91. The highest BCUT2D eigenvalue weighted by Crippen LogP contribution is 2.40. The van der Waals surface area contributed by atoms with Crippen LogP contribution in [0.1, 0.15) is 50.1 Å². The lowest BCUT2D eigenvalue weighted by atomic mass is 9.92. The summed E-state index contributed by atoms with van der Waals surface area (Å²) < 4.78 is 0. The van der Waals surface area contributed by atoms with Gasteiger partial charge in [-0.05, 0) is 24.5 Å². The van der Waals surface area contributed by atoms with Crippen molar-refractivity contribution in [2.24, 2.45) is 5.73 Å².